The molecule has 0 aliphatic rings. The Morgan fingerprint density at radius 2 is 1.60 bits per heavy atom. The van der Waals surface area contributed by atoms with Gasteiger partial charge in [-0.15, -0.1) is 11.3 Å². The van der Waals surface area contributed by atoms with Gasteiger partial charge in [0.25, 0.3) is 0 Å². The minimum absolute atomic E-state index is 0.149. The Bertz CT molecular complexity index is 1310. The fourth-order valence-electron chi connectivity index (χ4n) is 3.43. The summed E-state index contributed by atoms with van der Waals surface area (Å²) < 4.78 is 15.9. The molecule has 0 atom stereocenters. The number of methoxy groups -OCH3 is 3. The van der Waals surface area contributed by atoms with Crippen LogP contribution in [-0.2, 0) is 11.3 Å². The number of amides is 1. The average molecular weight is 487 g/mol. The summed E-state index contributed by atoms with van der Waals surface area (Å²) in [4.78, 5) is 17.0. The van der Waals surface area contributed by atoms with E-state index in [0.717, 1.165) is 38.7 Å². The maximum atomic E-state index is 12.2. The third-order valence-corrected chi connectivity index (χ3v) is 6.29. The molecule has 7 heteroatoms. The van der Waals surface area contributed by atoms with Crippen molar-refractivity contribution in [1.29, 1.82) is 0 Å². The van der Waals surface area contributed by atoms with E-state index in [0.29, 0.717) is 18.0 Å². The highest BCUT2D eigenvalue weighted by Gasteiger charge is 2.10. The number of nitrogens with one attached hydrogen (secondary N) is 1. The Labute approximate surface area is 208 Å². The van der Waals surface area contributed by atoms with Crippen LogP contribution in [0, 0.1) is 0 Å². The third kappa shape index (κ3) is 6.07. The van der Waals surface area contributed by atoms with Gasteiger partial charge >= 0.3 is 0 Å². The molecule has 6 nitrogen and oxygen atoms in total. The van der Waals surface area contributed by atoms with Crippen molar-refractivity contribution in [2.75, 3.05) is 21.3 Å². The summed E-state index contributed by atoms with van der Waals surface area (Å²) in [6.45, 7) is 0.445. The lowest BCUT2D eigenvalue weighted by Gasteiger charge is -2.08. The topological polar surface area (TPSA) is 69.7 Å². The number of hydrogen-bond donors (Lipinski definition) is 1. The highest BCUT2D eigenvalue weighted by molar-refractivity contribution is 7.13. The highest BCUT2D eigenvalue weighted by atomic mass is 32.1. The lowest BCUT2D eigenvalue weighted by Crippen LogP contribution is -2.20. The van der Waals surface area contributed by atoms with Gasteiger partial charge in [0, 0.05) is 29.1 Å². The number of rotatable bonds is 9. The van der Waals surface area contributed by atoms with Gasteiger partial charge < -0.3 is 19.5 Å². The van der Waals surface area contributed by atoms with Gasteiger partial charge in [0.2, 0.25) is 5.91 Å². The van der Waals surface area contributed by atoms with E-state index in [4.69, 9.17) is 19.2 Å². The van der Waals surface area contributed by atoms with Crippen LogP contribution in [-0.4, -0.2) is 32.2 Å². The zero-order valence-corrected chi connectivity index (χ0v) is 20.6. The SMILES string of the molecule is COc1ccc(/C=C/C(=O)NCc2ccc(-c3nc(-c4ccc(OC)c(OC)c4)cs3)cc2)cc1. The van der Waals surface area contributed by atoms with Crippen LogP contribution in [0.25, 0.3) is 27.9 Å². The van der Waals surface area contributed by atoms with Crippen molar-refractivity contribution < 1.29 is 19.0 Å². The van der Waals surface area contributed by atoms with Gasteiger partial charge in [0.1, 0.15) is 10.8 Å². The molecule has 0 saturated carbocycles. The number of carbonyl (C=O) groups is 1. The fourth-order valence-corrected chi connectivity index (χ4v) is 4.27. The number of aromatic nitrogens is 1. The summed E-state index contributed by atoms with van der Waals surface area (Å²) in [6, 6.07) is 21.3. The first-order valence-electron chi connectivity index (χ1n) is 11.0. The normalized spacial score (nSPS) is 10.8. The van der Waals surface area contributed by atoms with E-state index in [2.05, 4.69) is 5.32 Å². The monoisotopic (exact) mass is 486 g/mol. The average Bonchev–Trinajstić information content (AvgIpc) is 3.41. The molecular formula is C28H26N2O4S. The number of carbonyl (C=O) groups excluding carboxylic acids is 1. The van der Waals surface area contributed by atoms with Gasteiger partial charge in [-0.2, -0.15) is 0 Å². The van der Waals surface area contributed by atoms with Crippen molar-refractivity contribution in [1.82, 2.24) is 10.3 Å². The van der Waals surface area contributed by atoms with Crippen molar-refractivity contribution in [2.45, 2.75) is 6.54 Å². The standard InChI is InChI=1S/C28H26N2O4S/c1-32-23-12-6-19(7-13-23)8-15-27(31)29-17-20-4-9-21(10-5-20)28-30-24(18-35-28)22-11-14-25(33-2)26(16-22)34-3/h4-16,18H,17H2,1-3H3,(H,29,31)/b15-8+. The second kappa shape index (κ2) is 11.4. The minimum Gasteiger partial charge on any atom is -0.497 e. The van der Waals surface area contributed by atoms with Crippen molar-refractivity contribution in [3.8, 4) is 39.1 Å². The van der Waals surface area contributed by atoms with E-state index in [1.807, 2.05) is 72.1 Å². The Morgan fingerprint density at radius 1 is 0.886 bits per heavy atom. The number of thiazole rings is 1. The molecule has 1 amide bonds. The predicted octanol–water partition coefficient (Wildman–Crippen LogP) is 5.83. The van der Waals surface area contributed by atoms with Crippen LogP contribution in [0.2, 0.25) is 0 Å². The zero-order valence-electron chi connectivity index (χ0n) is 19.8. The van der Waals surface area contributed by atoms with E-state index in [1.54, 1.807) is 38.7 Å². The summed E-state index contributed by atoms with van der Waals surface area (Å²) in [5, 5.41) is 5.86. The molecule has 4 rings (SSSR count). The van der Waals surface area contributed by atoms with E-state index in [9.17, 15) is 4.79 Å². The second-order valence-electron chi connectivity index (χ2n) is 7.63. The molecule has 1 heterocycles. The molecule has 0 radical (unpaired) electrons. The van der Waals surface area contributed by atoms with Crippen molar-refractivity contribution in [3.63, 3.8) is 0 Å². The fraction of sp³-hybridized carbons (Fsp3) is 0.143. The quantitative estimate of drug-likeness (QED) is 0.301. The summed E-state index contributed by atoms with van der Waals surface area (Å²) in [7, 11) is 4.86. The maximum absolute atomic E-state index is 12.2. The molecule has 0 saturated heterocycles. The molecule has 178 valence electrons. The molecule has 1 N–H and O–H groups in total. The lowest BCUT2D eigenvalue weighted by atomic mass is 10.1. The molecule has 3 aromatic carbocycles. The molecule has 0 aliphatic carbocycles. The lowest BCUT2D eigenvalue weighted by molar-refractivity contribution is -0.116. The van der Waals surface area contributed by atoms with Crippen LogP contribution < -0.4 is 19.5 Å². The van der Waals surface area contributed by atoms with Crippen LogP contribution in [0.1, 0.15) is 11.1 Å². The first-order chi connectivity index (χ1) is 17.1. The maximum Gasteiger partial charge on any atom is 0.244 e. The van der Waals surface area contributed by atoms with Gasteiger partial charge in [-0.3, -0.25) is 4.79 Å². The summed E-state index contributed by atoms with van der Waals surface area (Å²) in [5.41, 5.74) is 4.81. The molecule has 0 aliphatic heterocycles. The van der Waals surface area contributed by atoms with Gasteiger partial charge in [0.15, 0.2) is 11.5 Å². The van der Waals surface area contributed by atoms with Crippen LogP contribution in [0.3, 0.4) is 0 Å². The molecule has 0 unspecified atom stereocenters. The largest absolute Gasteiger partial charge is 0.497 e. The minimum atomic E-state index is -0.149. The second-order valence-corrected chi connectivity index (χ2v) is 8.49. The molecule has 35 heavy (non-hydrogen) atoms. The molecular weight excluding hydrogens is 460 g/mol. The Hall–Kier alpha value is -4.10. The van der Waals surface area contributed by atoms with Gasteiger partial charge in [0.05, 0.1) is 27.0 Å². The molecule has 0 fully saturated rings. The van der Waals surface area contributed by atoms with Crippen LogP contribution >= 0.6 is 11.3 Å². The van der Waals surface area contributed by atoms with Crippen molar-refractivity contribution in [3.05, 3.63) is 89.3 Å². The molecule has 0 bridgehead atoms. The van der Waals surface area contributed by atoms with E-state index in [1.165, 1.54) is 6.08 Å². The molecule has 4 aromatic rings. The summed E-state index contributed by atoms with van der Waals surface area (Å²) in [5.74, 6) is 1.99. The van der Waals surface area contributed by atoms with Crippen LogP contribution in [0.5, 0.6) is 17.2 Å². The summed E-state index contributed by atoms with van der Waals surface area (Å²) >= 11 is 1.58. The Morgan fingerprint density at radius 3 is 2.29 bits per heavy atom. The van der Waals surface area contributed by atoms with Gasteiger partial charge in [-0.05, 0) is 47.5 Å². The van der Waals surface area contributed by atoms with Gasteiger partial charge in [-0.25, -0.2) is 4.98 Å². The Balaban J connectivity index is 1.35. The van der Waals surface area contributed by atoms with Crippen LogP contribution in [0.15, 0.2) is 78.2 Å². The highest BCUT2D eigenvalue weighted by Crippen LogP contribution is 2.34. The smallest absolute Gasteiger partial charge is 0.244 e. The molecule has 1 aromatic heterocycles. The van der Waals surface area contributed by atoms with E-state index >= 15 is 0 Å². The van der Waals surface area contributed by atoms with E-state index in [-0.39, 0.29) is 5.91 Å². The Kier molecular flexibility index (Phi) is 7.80. The zero-order chi connectivity index (χ0) is 24.6. The predicted molar refractivity (Wildman–Crippen MR) is 140 cm³/mol. The summed E-state index contributed by atoms with van der Waals surface area (Å²) in [6.07, 6.45) is 3.30. The van der Waals surface area contributed by atoms with Crippen molar-refractivity contribution in [2.24, 2.45) is 0 Å². The van der Waals surface area contributed by atoms with Crippen LogP contribution in [0.4, 0.5) is 0 Å². The van der Waals surface area contributed by atoms with Gasteiger partial charge in [-0.1, -0.05) is 36.4 Å². The molecule has 0 spiro atoms. The third-order valence-electron chi connectivity index (χ3n) is 5.39. The first kappa shape index (κ1) is 24.0. The number of ether oxygens (including phenoxy) is 3. The number of nitrogens with zero attached hydrogens (tertiary/aromatic N) is 1. The first-order valence-corrected chi connectivity index (χ1v) is 11.8. The van der Waals surface area contributed by atoms with Crippen molar-refractivity contribution >= 4 is 23.3 Å². The van der Waals surface area contributed by atoms with E-state index < -0.39 is 0 Å². The number of hydrogen-bond acceptors (Lipinski definition) is 6. The number of benzene rings is 3.